The molecule has 0 unspecified atom stereocenters. The van der Waals surface area contributed by atoms with Gasteiger partial charge in [0.25, 0.3) is 0 Å². The number of rotatable bonds is 5. The molecule has 0 aliphatic rings. The van der Waals surface area contributed by atoms with Crippen molar-refractivity contribution in [3.05, 3.63) is 59.9 Å². The third-order valence-electron chi connectivity index (χ3n) is 3.90. The predicted molar refractivity (Wildman–Crippen MR) is 94.2 cm³/mol. The van der Waals surface area contributed by atoms with Gasteiger partial charge in [-0.25, -0.2) is 4.98 Å². The van der Waals surface area contributed by atoms with E-state index in [-0.39, 0.29) is 18.2 Å². The van der Waals surface area contributed by atoms with Crippen LogP contribution in [0.3, 0.4) is 0 Å². The lowest BCUT2D eigenvalue weighted by molar-refractivity contribution is -0.116. The van der Waals surface area contributed by atoms with Crippen molar-refractivity contribution in [1.29, 1.82) is 0 Å². The first-order valence-corrected chi connectivity index (χ1v) is 7.93. The molecule has 24 heavy (non-hydrogen) atoms. The summed E-state index contributed by atoms with van der Waals surface area (Å²) in [7, 11) is 0. The normalized spacial score (nSPS) is 10.8. The largest absolute Gasteiger partial charge is 0.325 e. The summed E-state index contributed by atoms with van der Waals surface area (Å²) in [6, 6.07) is 14.7. The molecule has 0 aliphatic heterocycles. The maximum absolute atomic E-state index is 12.4. The molecule has 1 heterocycles. The van der Waals surface area contributed by atoms with Crippen molar-refractivity contribution in [2.45, 2.75) is 26.8 Å². The van der Waals surface area contributed by atoms with Gasteiger partial charge in [-0.1, -0.05) is 31.2 Å². The fraction of sp³-hybridized carbons (Fsp3) is 0.211. The summed E-state index contributed by atoms with van der Waals surface area (Å²) in [5, 5.41) is 2.85. The number of amides is 1. The first-order chi connectivity index (χ1) is 11.6. The van der Waals surface area contributed by atoms with Crippen LogP contribution in [0.4, 0.5) is 5.69 Å². The molecule has 0 atom stereocenters. The number of carbonyl (C=O) groups is 2. The molecule has 3 rings (SSSR count). The summed E-state index contributed by atoms with van der Waals surface area (Å²) < 4.78 is 1.93. The number of nitrogens with one attached hydrogen (secondary N) is 1. The fourth-order valence-electron chi connectivity index (χ4n) is 2.73. The van der Waals surface area contributed by atoms with Gasteiger partial charge in [0.1, 0.15) is 12.4 Å². The number of fused-ring (bicyclic) bond motifs is 1. The number of Topliss-reactive ketones (excluding diaryl/α,β-unsaturated/α-hetero) is 1. The van der Waals surface area contributed by atoms with Gasteiger partial charge in [0, 0.05) is 17.7 Å². The fourth-order valence-corrected chi connectivity index (χ4v) is 2.73. The summed E-state index contributed by atoms with van der Waals surface area (Å²) in [6.45, 7) is 3.71. The average molecular weight is 321 g/mol. The second-order valence-corrected chi connectivity index (χ2v) is 5.64. The van der Waals surface area contributed by atoms with Crippen molar-refractivity contribution < 1.29 is 9.59 Å². The molecule has 0 aliphatic carbocycles. The van der Waals surface area contributed by atoms with Crippen molar-refractivity contribution in [1.82, 2.24) is 9.55 Å². The standard InChI is InChI=1S/C19H19N3O2/c1-3-18-21-16-9-4-5-10-17(16)22(18)12-19(24)20-15-8-6-7-14(11-15)13(2)23/h4-11H,3,12H2,1-2H3,(H,20,24). The van der Waals surface area contributed by atoms with E-state index in [4.69, 9.17) is 0 Å². The minimum atomic E-state index is -0.145. The van der Waals surface area contributed by atoms with Crippen LogP contribution in [0.25, 0.3) is 11.0 Å². The highest BCUT2D eigenvalue weighted by molar-refractivity contribution is 5.97. The smallest absolute Gasteiger partial charge is 0.244 e. The molecule has 3 aromatic rings. The van der Waals surface area contributed by atoms with Crippen LogP contribution in [0.1, 0.15) is 30.0 Å². The number of imidazole rings is 1. The topological polar surface area (TPSA) is 64.0 Å². The molecular weight excluding hydrogens is 302 g/mol. The molecule has 1 aromatic heterocycles. The Morgan fingerprint density at radius 3 is 2.67 bits per heavy atom. The molecular formula is C19H19N3O2. The first kappa shape index (κ1) is 15.9. The minimum Gasteiger partial charge on any atom is -0.325 e. The Morgan fingerprint density at radius 1 is 1.12 bits per heavy atom. The minimum absolute atomic E-state index is 0.0278. The molecule has 0 radical (unpaired) electrons. The first-order valence-electron chi connectivity index (χ1n) is 7.93. The molecule has 0 saturated heterocycles. The van der Waals surface area contributed by atoms with E-state index >= 15 is 0 Å². The third kappa shape index (κ3) is 3.20. The number of hydrogen-bond acceptors (Lipinski definition) is 3. The van der Waals surface area contributed by atoms with E-state index in [0.29, 0.717) is 11.3 Å². The Balaban J connectivity index is 1.83. The Bertz CT molecular complexity index is 912. The Kier molecular flexibility index (Phi) is 4.42. The molecule has 5 nitrogen and oxygen atoms in total. The zero-order valence-electron chi connectivity index (χ0n) is 13.7. The Morgan fingerprint density at radius 2 is 1.92 bits per heavy atom. The van der Waals surface area contributed by atoms with Gasteiger partial charge < -0.3 is 9.88 Å². The Labute approximate surface area is 140 Å². The summed E-state index contributed by atoms with van der Waals surface area (Å²) in [5.41, 5.74) is 3.04. The zero-order chi connectivity index (χ0) is 17.1. The van der Waals surface area contributed by atoms with E-state index in [0.717, 1.165) is 23.3 Å². The molecule has 1 amide bonds. The number of anilines is 1. The molecule has 122 valence electrons. The van der Waals surface area contributed by atoms with Crippen LogP contribution in [0, 0.1) is 0 Å². The summed E-state index contributed by atoms with van der Waals surface area (Å²) in [6.07, 6.45) is 0.752. The summed E-state index contributed by atoms with van der Waals surface area (Å²) in [4.78, 5) is 28.4. The highest BCUT2D eigenvalue weighted by atomic mass is 16.2. The molecule has 0 saturated carbocycles. The van der Waals surface area contributed by atoms with Gasteiger partial charge in [0.05, 0.1) is 11.0 Å². The number of carbonyl (C=O) groups excluding carboxylic acids is 2. The molecule has 1 N–H and O–H groups in total. The summed E-state index contributed by atoms with van der Waals surface area (Å²) in [5.74, 6) is 0.706. The van der Waals surface area contributed by atoms with Gasteiger partial charge in [0.15, 0.2) is 5.78 Å². The van der Waals surface area contributed by atoms with Crippen molar-refractivity contribution >= 4 is 28.4 Å². The number of para-hydroxylation sites is 2. The van der Waals surface area contributed by atoms with Crippen LogP contribution in [-0.4, -0.2) is 21.2 Å². The van der Waals surface area contributed by atoms with Crippen LogP contribution >= 0.6 is 0 Å². The highest BCUT2D eigenvalue weighted by Crippen LogP contribution is 2.17. The third-order valence-corrected chi connectivity index (χ3v) is 3.90. The number of benzene rings is 2. The average Bonchev–Trinajstić information content (AvgIpc) is 2.93. The number of aromatic nitrogens is 2. The molecule has 5 heteroatoms. The zero-order valence-corrected chi connectivity index (χ0v) is 13.7. The van der Waals surface area contributed by atoms with Crippen LogP contribution in [0.2, 0.25) is 0 Å². The number of aryl methyl sites for hydroxylation is 1. The number of ketones is 1. The van der Waals surface area contributed by atoms with E-state index in [1.807, 2.05) is 35.8 Å². The van der Waals surface area contributed by atoms with Gasteiger partial charge in [0.2, 0.25) is 5.91 Å². The number of hydrogen-bond donors (Lipinski definition) is 1. The summed E-state index contributed by atoms with van der Waals surface area (Å²) >= 11 is 0. The van der Waals surface area contributed by atoms with Gasteiger partial charge in [-0.3, -0.25) is 9.59 Å². The van der Waals surface area contributed by atoms with Gasteiger partial charge in [-0.15, -0.1) is 0 Å². The van der Waals surface area contributed by atoms with E-state index < -0.39 is 0 Å². The van der Waals surface area contributed by atoms with E-state index in [1.54, 1.807) is 24.3 Å². The van der Waals surface area contributed by atoms with Gasteiger partial charge in [-0.2, -0.15) is 0 Å². The molecule has 0 bridgehead atoms. The second-order valence-electron chi connectivity index (χ2n) is 5.64. The van der Waals surface area contributed by atoms with Gasteiger partial charge in [-0.05, 0) is 31.2 Å². The van der Waals surface area contributed by atoms with Crippen molar-refractivity contribution in [2.75, 3.05) is 5.32 Å². The SMILES string of the molecule is CCc1nc2ccccc2n1CC(=O)Nc1cccc(C(C)=O)c1. The lowest BCUT2D eigenvalue weighted by Crippen LogP contribution is -2.20. The second kappa shape index (κ2) is 6.66. The van der Waals surface area contributed by atoms with Crippen LogP contribution in [0.15, 0.2) is 48.5 Å². The maximum Gasteiger partial charge on any atom is 0.244 e. The molecule has 2 aromatic carbocycles. The lowest BCUT2D eigenvalue weighted by atomic mass is 10.1. The van der Waals surface area contributed by atoms with Crippen molar-refractivity contribution in [3.63, 3.8) is 0 Å². The van der Waals surface area contributed by atoms with E-state index in [9.17, 15) is 9.59 Å². The van der Waals surface area contributed by atoms with Gasteiger partial charge >= 0.3 is 0 Å². The van der Waals surface area contributed by atoms with E-state index in [2.05, 4.69) is 10.3 Å². The predicted octanol–water partition coefficient (Wildman–Crippen LogP) is 3.44. The molecule has 0 spiro atoms. The van der Waals surface area contributed by atoms with E-state index in [1.165, 1.54) is 6.92 Å². The quantitative estimate of drug-likeness (QED) is 0.732. The van der Waals surface area contributed by atoms with Crippen molar-refractivity contribution in [3.8, 4) is 0 Å². The Hall–Kier alpha value is -2.95. The monoisotopic (exact) mass is 321 g/mol. The lowest BCUT2D eigenvalue weighted by Gasteiger charge is -2.10. The van der Waals surface area contributed by atoms with Crippen LogP contribution < -0.4 is 5.32 Å². The van der Waals surface area contributed by atoms with Crippen LogP contribution in [0.5, 0.6) is 0 Å². The van der Waals surface area contributed by atoms with Crippen molar-refractivity contribution in [2.24, 2.45) is 0 Å². The maximum atomic E-state index is 12.4. The van der Waals surface area contributed by atoms with Crippen LogP contribution in [-0.2, 0) is 17.8 Å². The highest BCUT2D eigenvalue weighted by Gasteiger charge is 2.12. The number of nitrogens with zero attached hydrogens (tertiary/aromatic N) is 2. The molecule has 0 fully saturated rings.